The molecule has 2 atom stereocenters. The summed E-state index contributed by atoms with van der Waals surface area (Å²) < 4.78 is 24.6. The Balaban J connectivity index is 1.37. The summed E-state index contributed by atoms with van der Waals surface area (Å²) in [7, 11) is 0. The van der Waals surface area contributed by atoms with Crippen molar-refractivity contribution >= 4 is 0 Å². The van der Waals surface area contributed by atoms with Crippen molar-refractivity contribution in [2.45, 2.75) is 74.9 Å². The van der Waals surface area contributed by atoms with Crippen molar-refractivity contribution in [1.82, 2.24) is 9.80 Å². The van der Waals surface area contributed by atoms with Crippen molar-refractivity contribution in [2.75, 3.05) is 39.9 Å². The van der Waals surface area contributed by atoms with Crippen LogP contribution in [0.2, 0.25) is 0 Å². The Bertz CT molecular complexity index is 475. The van der Waals surface area contributed by atoms with E-state index in [9.17, 15) is 0 Å². The summed E-state index contributed by atoms with van der Waals surface area (Å²) in [5.74, 6) is 0. The Hall–Kier alpha value is -0.240. The second kappa shape index (κ2) is 5.15. The van der Waals surface area contributed by atoms with Crippen LogP contribution in [0, 0.1) is 0 Å². The maximum absolute atomic E-state index is 6.45. The molecule has 24 heavy (non-hydrogen) atoms. The molecule has 1 aliphatic carbocycles. The molecule has 0 radical (unpaired) electrons. The molecule has 5 fully saturated rings. The fraction of sp³-hybridized carbons (Fsp3) is 1.00. The first-order valence-corrected chi connectivity index (χ1v) is 9.62. The van der Waals surface area contributed by atoms with Gasteiger partial charge in [0.15, 0.2) is 0 Å². The lowest BCUT2D eigenvalue weighted by atomic mass is 9.81. The summed E-state index contributed by atoms with van der Waals surface area (Å²) >= 11 is 0. The zero-order valence-electron chi connectivity index (χ0n) is 15.0. The van der Waals surface area contributed by atoms with Crippen LogP contribution in [-0.2, 0) is 18.9 Å². The quantitative estimate of drug-likeness (QED) is 0.766. The van der Waals surface area contributed by atoms with Crippen LogP contribution in [0.25, 0.3) is 0 Å². The van der Waals surface area contributed by atoms with Gasteiger partial charge in [-0.3, -0.25) is 0 Å². The van der Waals surface area contributed by atoms with Crippen LogP contribution >= 0.6 is 0 Å². The van der Waals surface area contributed by atoms with Crippen LogP contribution in [0.4, 0.5) is 0 Å². The first-order valence-electron chi connectivity index (χ1n) is 9.62. The van der Waals surface area contributed by atoms with Crippen LogP contribution in [-0.4, -0.2) is 72.2 Å². The van der Waals surface area contributed by atoms with Crippen LogP contribution in [0.5, 0.6) is 0 Å². The van der Waals surface area contributed by atoms with E-state index in [1.165, 1.54) is 0 Å². The third-order valence-electron chi connectivity index (χ3n) is 7.66. The first kappa shape index (κ1) is 16.0. The standard InChI is InChI=1S/C18H30N2O4/c1-3-15-9-21-13-19(15)17(23-11-15)5-7-18(8-6-17)20-14-22-10-16(20,4-2)12-24-18/h3-14H2,1-2H3/t15-,16+,17?,18?. The van der Waals surface area contributed by atoms with Gasteiger partial charge in [0.25, 0.3) is 0 Å². The average Bonchev–Trinajstić information content (AvgIpc) is 3.34. The molecule has 1 saturated carbocycles. The zero-order chi connectivity index (χ0) is 16.5. The Morgan fingerprint density at radius 3 is 1.46 bits per heavy atom. The molecule has 0 aromatic heterocycles. The molecule has 0 N–H and O–H groups in total. The van der Waals surface area contributed by atoms with E-state index in [1.807, 2.05) is 0 Å². The Kier molecular flexibility index (Phi) is 3.42. The minimum atomic E-state index is -0.140. The van der Waals surface area contributed by atoms with E-state index in [0.717, 1.165) is 65.0 Å². The number of ether oxygens (including phenoxy) is 4. The van der Waals surface area contributed by atoms with E-state index in [-0.39, 0.29) is 22.5 Å². The highest BCUT2D eigenvalue weighted by atomic mass is 16.6. The van der Waals surface area contributed by atoms with Gasteiger partial charge in [-0.25, -0.2) is 9.80 Å². The van der Waals surface area contributed by atoms with Gasteiger partial charge in [0, 0.05) is 0 Å². The minimum Gasteiger partial charge on any atom is -0.364 e. The van der Waals surface area contributed by atoms with Gasteiger partial charge in [0.05, 0.1) is 37.5 Å². The van der Waals surface area contributed by atoms with Crippen molar-refractivity contribution in [1.29, 1.82) is 0 Å². The van der Waals surface area contributed by atoms with Crippen LogP contribution in [0.15, 0.2) is 0 Å². The maximum Gasteiger partial charge on any atom is 0.124 e. The number of hydrogen-bond acceptors (Lipinski definition) is 6. The van der Waals surface area contributed by atoms with Gasteiger partial charge >= 0.3 is 0 Å². The summed E-state index contributed by atoms with van der Waals surface area (Å²) in [6.45, 7) is 9.18. The van der Waals surface area contributed by atoms with Gasteiger partial charge in [0.1, 0.15) is 24.9 Å². The molecule has 0 aromatic carbocycles. The fourth-order valence-corrected chi connectivity index (χ4v) is 5.77. The summed E-state index contributed by atoms with van der Waals surface area (Å²) in [5.41, 5.74) is -0.0751. The number of nitrogens with zero attached hydrogens (tertiary/aromatic N) is 2. The van der Waals surface area contributed by atoms with Crippen molar-refractivity contribution in [3.63, 3.8) is 0 Å². The van der Waals surface area contributed by atoms with Crippen LogP contribution in [0.1, 0.15) is 52.4 Å². The summed E-state index contributed by atoms with van der Waals surface area (Å²) in [4.78, 5) is 5.05. The Morgan fingerprint density at radius 1 is 0.667 bits per heavy atom. The van der Waals surface area contributed by atoms with Crippen LogP contribution in [0.3, 0.4) is 0 Å². The molecule has 4 saturated heterocycles. The van der Waals surface area contributed by atoms with E-state index < -0.39 is 0 Å². The summed E-state index contributed by atoms with van der Waals surface area (Å²) in [6.07, 6.45) is 6.27. The summed E-state index contributed by atoms with van der Waals surface area (Å²) in [6, 6.07) is 0. The molecule has 0 bridgehead atoms. The smallest absolute Gasteiger partial charge is 0.124 e. The lowest BCUT2D eigenvalue weighted by molar-refractivity contribution is -0.196. The van der Waals surface area contributed by atoms with Gasteiger partial charge < -0.3 is 18.9 Å². The molecule has 5 aliphatic rings. The van der Waals surface area contributed by atoms with Gasteiger partial charge in [-0.2, -0.15) is 0 Å². The molecule has 6 heteroatoms. The van der Waals surface area contributed by atoms with Crippen molar-refractivity contribution in [2.24, 2.45) is 0 Å². The predicted molar refractivity (Wildman–Crippen MR) is 87.2 cm³/mol. The van der Waals surface area contributed by atoms with Gasteiger partial charge in [-0.05, 0) is 38.5 Å². The number of rotatable bonds is 2. The van der Waals surface area contributed by atoms with Crippen molar-refractivity contribution in [3.8, 4) is 0 Å². The molecule has 0 aromatic rings. The highest BCUT2D eigenvalue weighted by molar-refractivity contribution is 5.11. The lowest BCUT2D eigenvalue weighted by Gasteiger charge is -2.49. The molecular weight excluding hydrogens is 308 g/mol. The second-order valence-corrected chi connectivity index (χ2v) is 8.44. The van der Waals surface area contributed by atoms with E-state index in [4.69, 9.17) is 18.9 Å². The first-order chi connectivity index (χ1) is 11.6. The highest BCUT2D eigenvalue weighted by Gasteiger charge is 2.65. The monoisotopic (exact) mass is 338 g/mol. The van der Waals surface area contributed by atoms with Crippen molar-refractivity contribution in [3.05, 3.63) is 0 Å². The molecule has 136 valence electrons. The average molecular weight is 338 g/mol. The topological polar surface area (TPSA) is 43.4 Å². The second-order valence-electron chi connectivity index (χ2n) is 8.44. The Labute approximate surface area is 144 Å². The molecule has 0 amide bonds. The Morgan fingerprint density at radius 2 is 1.08 bits per heavy atom. The van der Waals surface area contributed by atoms with E-state index >= 15 is 0 Å². The van der Waals surface area contributed by atoms with Gasteiger partial charge in [0.2, 0.25) is 0 Å². The molecule has 4 aliphatic heterocycles. The molecule has 6 nitrogen and oxygen atoms in total. The van der Waals surface area contributed by atoms with Gasteiger partial charge in [-0.15, -0.1) is 0 Å². The zero-order valence-corrected chi connectivity index (χ0v) is 15.0. The molecular formula is C18H30N2O4. The predicted octanol–water partition coefficient (Wildman–Crippen LogP) is 1.89. The van der Waals surface area contributed by atoms with E-state index in [0.29, 0.717) is 13.5 Å². The molecule has 0 unspecified atom stereocenters. The molecule has 2 spiro atoms. The van der Waals surface area contributed by atoms with Crippen LogP contribution < -0.4 is 0 Å². The van der Waals surface area contributed by atoms with Gasteiger partial charge in [-0.1, -0.05) is 13.8 Å². The lowest BCUT2D eigenvalue weighted by Crippen LogP contribution is -2.59. The number of hydrogen-bond donors (Lipinski definition) is 0. The fourth-order valence-electron chi connectivity index (χ4n) is 5.77. The highest BCUT2D eigenvalue weighted by Crippen LogP contribution is 2.54. The van der Waals surface area contributed by atoms with Crippen molar-refractivity contribution < 1.29 is 18.9 Å². The normalized spacial score (nSPS) is 51.8. The van der Waals surface area contributed by atoms with E-state index in [2.05, 4.69) is 23.6 Å². The SMILES string of the molecule is CC[C@@]12COCN1C1(CCC3(CC1)OC[C@@]1(CC)COCN31)OC2. The summed E-state index contributed by atoms with van der Waals surface area (Å²) in [5, 5.41) is 0. The molecule has 4 heterocycles. The number of fused-ring (bicyclic) bond motifs is 4. The third-order valence-corrected chi connectivity index (χ3v) is 7.66. The van der Waals surface area contributed by atoms with E-state index in [1.54, 1.807) is 0 Å². The molecule has 5 rings (SSSR count). The largest absolute Gasteiger partial charge is 0.364 e. The third kappa shape index (κ3) is 1.82. The maximum atomic E-state index is 6.45. The minimum absolute atomic E-state index is 0.102.